The van der Waals surface area contributed by atoms with Crippen LogP contribution in [0.5, 0.6) is 0 Å². The van der Waals surface area contributed by atoms with Gasteiger partial charge in [0, 0.05) is 6.54 Å². The Labute approximate surface area is 100 Å². The molecule has 1 saturated carbocycles. The highest BCUT2D eigenvalue weighted by atomic mass is 16.5. The second kappa shape index (κ2) is 5.50. The van der Waals surface area contributed by atoms with Gasteiger partial charge in [-0.25, -0.2) is 0 Å². The molecule has 0 spiro atoms. The normalized spacial score (nSPS) is 45.6. The molecule has 0 aromatic heterocycles. The summed E-state index contributed by atoms with van der Waals surface area (Å²) >= 11 is 0. The summed E-state index contributed by atoms with van der Waals surface area (Å²) in [5.74, 6) is 2.39. The minimum absolute atomic E-state index is 0.503. The highest BCUT2D eigenvalue weighted by Gasteiger charge is 2.29. The van der Waals surface area contributed by atoms with E-state index in [4.69, 9.17) is 4.74 Å². The van der Waals surface area contributed by atoms with E-state index in [-0.39, 0.29) is 0 Å². The summed E-state index contributed by atoms with van der Waals surface area (Å²) in [5, 5.41) is 3.44. The number of nitrogens with one attached hydrogen (secondary N) is 1. The van der Waals surface area contributed by atoms with Gasteiger partial charge in [0.05, 0.1) is 12.2 Å². The monoisotopic (exact) mass is 225 g/mol. The SMILES string of the molecule is CC1CC(C)CC(OC2CCNCC2C)C1. The standard InChI is InChI=1S/C14H27NO/c1-10-6-11(2)8-13(7-10)16-14-4-5-15-9-12(14)3/h10-15H,4-9H2,1-3H3. The Balaban J connectivity index is 1.83. The molecule has 2 rings (SSSR count). The molecule has 1 heterocycles. The molecule has 0 radical (unpaired) electrons. The summed E-state index contributed by atoms with van der Waals surface area (Å²) in [7, 11) is 0. The maximum atomic E-state index is 6.35. The minimum Gasteiger partial charge on any atom is -0.375 e. The molecule has 0 amide bonds. The van der Waals surface area contributed by atoms with Crippen LogP contribution in [0.15, 0.2) is 0 Å². The third kappa shape index (κ3) is 3.21. The maximum absolute atomic E-state index is 6.35. The molecule has 1 saturated heterocycles. The molecule has 1 N–H and O–H groups in total. The highest BCUT2D eigenvalue weighted by molar-refractivity contribution is 4.80. The van der Waals surface area contributed by atoms with Gasteiger partial charge in [0.15, 0.2) is 0 Å². The van der Waals surface area contributed by atoms with Crippen molar-refractivity contribution in [3.8, 4) is 0 Å². The van der Waals surface area contributed by atoms with Gasteiger partial charge in [0.1, 0.15) is 0 Å². The highest BCUT2D eigenvalue weighted by Crippen LogP contribution is 2.32. The summed E-state index contributed by atoms with van der Waals surface area (Å²) in [5.41, 5.74) is 0. The van der Waals surface area contributed by atoms with Gasteiger partial charge in [-0.1, -0.05) is 20.8 Å². The molecule has 94 valence electrons. The van der Waals surface area contributed by atoms with Crippen molar-refractivity contribution in [2.75, 3.05) is 13.1 Å². The van der Waals surface area contributed by atoms with Crippen molar-refractivity contribution >= 4 is 0 Å². The van der Waals surface area contributed by atoms with Crippen molar-refractivity contribution in [3.63, 3.8) is 0 Å². The Morgan fingerprint density at radius 2 is 1.69 bits per heavy atom. The van der Waals surface area contributed by atoms with Gasteiger partial charge < -0.3 is 10.1 Å². The average Bonchev–Trinajstić information content (AvgIpc) is 2.20. The fraction of sp³-hybridized carbons (Fsp3) is 1.00. The first-order chi connectivity index (χ1) is 7.65. The number of piperidine rings is 1. The number of ether oxygens (including phenoxy) is 1. The molecule has 0 bridgehead atoms. The molecule has 0 aromatic rings. The number of hydrogen-bond donors (Lipinski definition) is 1. The molecular formula is C14H27NO. The zero-order valence-corrected chi connectivity index (χ0v) is 11.0. The van der Waals surface area contributed by atoms with E-state index in [2.05, 4.69) is 26.1 Å². The third-order valence-corrected chi connectivity index (χ3v) is 4.21. The number of rotatable bonds is 2. The van der Waals surface area contributed by atoms with Crippen molar-refractivity contribution in [2.45, 2.75) is 58.7 Å². The van der Waals surface area contributed by atoms with Crippen LogP contribution in [0.25, 0.3) is 0 Å². The summed E-state index contributed by atoms with van der Waals surface area (Å²) in [6, 6.07) is 0. The van der Waals surface area contributed by atoms with Crippen molar-refractivity contribution in [3.05, 3.63) is 0 Å². The lowest BCUT2D eigenvalue weighted by molar-refractivity contribution is -0.0786. The Hall–Kier alpha value is -0.0800. The number of hydrogen-bond acceptors (Lipinski definition) is 2. The molecule has 16 heavy (non-hydrogen) atoms. The molecule has 2 aliphatic rings. The van der Waals surface area contributed by atoms with E-state index in [0.717, 1.165) is 24.9 Å². The lowest BCUT2D eigenvalue weighted by Gasteiger charge is -2.37. The second-order valence-electron chi connectivity index (χ2n) is 6.18. The first-order valence-corrected chi connectivity index (χ1v) is 7.01. The van der Waals surface area contributed by atoms with Gasteiger partial charge in [-0.2, -0.15) is 0 Å². The van der Waals surface area contributed by atoms with Gasteiger partial charge in [0.25, 0.3) is 0 Å². The van der Waals surface area contributed by atoms with Crippen LogP contribution in [0, 0.1) is 17.8 Å². The fourth-order valence-corrected chi connectivity index (χ4v) is 3.42. The van der Waals surface area contributed by atoms with Gasteiger partial charge in [-0.15, -0.1) is 0 Å². The molecular weight excluding hydrogens is 198 g/mol. The largest absolute Gasteiger partial charge is 0.375 e. The zero-order valence-electron chi connectivity index (χ0n) is 11.0. The molecule has 0 aromatic carbocycles. The van der Waals surface area contributed by atoms with E-state index in [9.17, 15) is 0 Å². The smallest absolute Gasteiger partial charge is 0.0628 e. The lowest BCUT2D eigenvalue weighted by atomic mass is 9.81. The summed E-state index contributed by atoms with van der Waals surface area (Å²) < 4.78 is 6.35. The minimum atomic E-state index is 0.503. The molecule has 2 fully saturated rings. The van der Waals surface area contributed by atoms with Gasteiger partial charge >= 0.3 is 0 Å². The van der Waals surface area contributed by atoms with Crippen LogP contribution in [0.1, 0.15) is 46.5 Å². The second-order valence-corrected chi connectivity index (χ2v) is 6.18. The van der Waals surface area contributed by atoms with E-state index in [1.165, 1.54) is 25.7 Å². The fourth-order valence-electron chi connectivity index (χ4n) is 3.42. The molecule has 1 aliphatic heterocycles. The van der Waals surface area contributed by atoms with E-state index in [1.54, 1.807) is 0 Å². The van der Waals surface area contributed by atoms with Crippen LogP contribution in [0.2, 0.25) is 0 Å². The average molecular weight is 225 g/mol. The van der Waals surface area contributed by atoms with Gasteiger partial charge in [-0.05, 0) is 50.0 Å². The van der Waals surface area contributed by atoms with Crippen LogP contribution in [0.4, 0.5) is 0 Å². The molecule has 4 atom stereocenters. The first kappa shape index (κ1) is 12.4. The molecule has 2 heteroatoms. The van der Waals surface area contributed by atoms with Crippen LogP contribution in [-0.4, -0.2) is 25.3 Å². The van der Waals surface area contributed by atoms with Crippen LogP contribution >= 0.6 is 0 Å². The van der Waals surface area contributed by atoms with Crippen LogP contribution in [-0.2, 0) is 4.74 Å². The quantitative estimate of drug-likeness (QED) is 0.780. The predicted molar refractivity (Wildman–Crippen MR) is 67.5 cm³/mol. The van der Waals surface area contributed by atoms with Crippen molar-refractivity contribution in [1.82, 2.24) is 5.32 Å². The van der Waals surface area contributed by atoms with Gasteiger partial charge in [0.2, 0.25) is 0 Å². The van der Waals surface area contributed by atoms with E-state index in [1.807, 2.05) is 0 Å². The van der Waals surface area contributed by atoms with E-state index < -0.39 is 0 Å². The van der Waals surface area contributed by atoms with Gasteiger partial charge in [-0.3, -0.25) is 0 Å². The summed E-state index contributed by atoms with van der Waals surface area (Å²) in [6.07, 6.45) is 6.18. The topological polar surface area (TPSA) is 21.3 Å². The maximum Gasteiger partial charge on any atom is 0.0628 e. The van der Waals surface area contributed by atoms with Crippen molar-refractivity contribution in [2.24, 2.45) is 17.8 Å². The Morgan fingerprint density at radius 3 is 2.31 bits per heavy atom. The first-order valence-electron chi connectivity index (χ1n) is 7.01. The Bertz CT molecular complexity index is 209. The lowest BCUT2D eigenvalue weighted by Crippen LogP contribution is -2.42. The Morgan fingerprint density at radius 1 is 1.00 bits per heavy atom. The molecule has 1 aliphatic carbocycles. The van der Waals surface area contributed by atoms with Crippen molar-refractivity contribution in [1.29, 1.82) is 0 Å². The van der Waals surface area contributed by atoms with Crippen LogP contribution in [0.3, 0.4) is 0 Å². The third-order valence-electron chi connectivity index (χ3n) is 4.21. The summed E-state index contributed by atoms with van der Waals surface area (Å²) in [4.78, 5) is 0. The predicted octanol–water partition coefficient (Wildman–Crippen LogP) is 2.83. The van der Waals surface area contributed by atoms with E-state index >= 15 is 0 Å². The molecule has 2 nitrogen and oxygen atoms in total. The van der Waals surface area contributed by atoms with Crippen molar-refractivity contribution < 1.29 is 4.74 Å². The Kier molecular flexibility index (Phi) is 4.26. The molecule has 4 unspecified atom stereocenters. The zero-order chi connectivity index (χ0) is 11.5. The summed E-state index contributed by atoms with van der Waals surface area (Å²) in [6.45, 7) is 9.32. The van der Waals surface area contributed by atoms with Crippen LogP contribution < -0.4 is 5.32 Å². The van der Waals surface area contributed by atoms with E-state index in [0.29, 0.717) is 18.1 Å².